The van der Waals surface area contributed by atoms with Gasteiger partial charge in [-0.15, -0.1) is 0 Å². The van der Waals surface area contributed by atoms with Gasteiger partial charge in [-0.1, -0.05) is 0 Å². The van der Waals surface area contributed by atoms with Crippen LogP contribution >= 0.6 is 0 Å². The van der Waals surface area contributed by atoms with E-state index in [-0.39, 0.29) is 6.10 Å². The Labute approximate surface area is 106 Å². The molecule has 2 aromatic heterocycles. The molecule has 1 aliphatic rings. The maximum atomic E-state index is 5.98. The van der Waals surface area contributed by atoms with Crippen molar-refractivity contribution in [2.75, 3.05) is 12.3 Å². The molecule has 1 fully saturated rings. The van der Waals surface area contributed by atoms with E-state index in [2.05, 4.69) is 9.97 Å². The van der Waals surface area contributed by atoms with Crippen LogP contribution in [0.2, 0.25) is 0 Å². The second-order valence-corrected chi connectivity index (χ2v) is 4.92. The van der Waals surface area contributed by atoms with Gasteiger partial charge in [-0.25, -0.2) is 9.97 Å². The number of aromatic nitrogens is 3. The van der Waals surface area contributed by atoms with E-state index >= 15 is 0 Å². The third-order valence-corrected chi connectivity index (χ3v) is 3.41. The van der Waals surface area contributed by atoms with Crippen LogP contribution in [0.25, 0.3) is 11.2 Å². The minimum Gasteiger partial charge on any atom is -0.376 e. The highest BCUT2D eigenvalue weighted by Gasteiger charge is 2.18. The lowest BCUT2D eigenvalue weighted by atomic mass is 10.1. The Bertz CT molecular complexity index is 557. The largest absolute Gasteiger partial charge is 0.376 e. The van der Waals surface area contributed by atoms with Crippen molar-refractivity contribution in [3.8, 4) is 0 Å². The molecule has 5 nitrogen and oxygen atoms in total. The third kappa shape index (κ3) is 2.06. The van der Waals surface area contributed by atoms with Crippen LogP contribution < -0.4 is 5.73 Å². The molecule has 2 aromatic rings. The predicted octanol–water partition coefficient (Wildman–Crippen LogP) is 1.89. The summed E-state index contributed by atoms with van der Waals surface area (Å²) in [5, 5.41) is 0. The predicted molar refractivity (Wildman–Crippen MR) is 70.3 cm³/mol. The lowest BCUT2D eigenvalue weighted by molar-refractivity contribution is 0.00686. The normalized spacial score (nSPS) is 20.4. The summed E-state index contributed by atoms with van der Waals surface area (Å²) < 4.78 is 7.71. The van der Waals surface area contributed by atoms with Gasteiger partial charge in [-0.3, -0.25) is 4.57 Å². The smallest absolute Gasteiger partial charge is 0.202 e. The second-order valence-electron chi connectivity index (χ2n) is 4.92. The molecule has 0 bridgehead atoms. The highest BCUT2D eigenvalue weighted by Crippen LogP contribution is 2.20. The number of fused-ring (bicyclic) bond motifs is 1. The lowest BCUT2D eigenvalue weighted by Gasteiger charge is -2.23. The van der Waals surface area contributed by atoms with Gasteiger partial charge in [0.25, 0.3) is 0 Å². The van der Waals surface area contributed by atoms with Crippen molar-refractivity contribution < 1.29 is 4.74 Å². The number of pyridine rings is 1. The fourth-order valence-electron chi connectivity index (χ4n) is 2.46. The van der Waals surface area contributed by atoms with Crippen LogP contribution in [0.4, 0.5) is 5.95 Å². The van der Waals surface area contributed by atoms with E-state index in [0.29, 0.717) is 5.95 Å². The van der Waals surface area contributed by atoms with Gasteiger partial charge in [-0.2, -0.15) is 0 Å². The fourth-order valence-corrected chi connectivity index (χ4v) is 2.46. The molecule has 96 valence electrons. The average molecular weight is 246 g/mol. The standard InChI is InChI=1S/C13H18N4O/c1-9-6-11-12(15-7-9)17(13(14)16-11)8-10-4-2-3-5-18-10/h6-7,10H,2-5,8H2,1H3,(H2,14,16). The van der Waals surface area contributed by atoms with E-state index in [9.17, 15) is 0 Å². The maximum Gasteiger partial charge on any atom is 0.202 e. The molecular formula is C13H18N4O. The van der Waals surface area contributed by atoms with Crippen molar-refractivity contribution in [3.63, 3.8) is 0 Å². The number of imidazole rings is 1. The zero-order valence-electron chi connectivity index (χ0n) is 10.6. The number of nitrogens with zero attached hydrogens (tertiary/aromatic N) is 3. The van der Waals surface area contributed by atoms with E-state index in [1.807, 2.05) is 23.8 Å². The zero-order chi connectivity index (χ0) is 12.5. The number of nitrogens with two attached hydrogens (primary N) is 1. The van der Waals surface area contributed by atoms with E-state index < -0.39 is 0 Å². The van der Waals surface area contributed by atoms with Crippen LogP contribution in [-0.4, -0.2) is 27.2 Å². The van der Waals surface area contributed by atoms with Crippen LogP contribution in [0.3, 0.4) is 0 Å². The van der Waals surface area contributed by atoms with E-state index in [1.54, 1.807) is 0 Å². The van der Waals surface area contributed by atoms with Crippen molar-refractivity contribution in [3.05, 3.63) is 17.8 Å². The van der Waals surface area contributed by atoms with Gasteiger partial charge in [0.05, 0.1) is 12.6 Å². The Morgan fingerprint density at radius 3 is 3.17 bits per heavy atom. The number of hydrogen-bond donors (Lipinski definition) is 1. The number of ether oxygens (including phenoxy) is 1. The van der Waals surface area contributed by atoms with Gasteiger partial charge in [0.1, 0.15) is 5.52 Å². The van der Waals surface area contributed by atoms with E-state index in [0.717, 1.165) is 42.7 Å². The first-order valence-electron chi connectivity index (χ1n) is 6.44. The van der Waals surface area contributed by atoms with E-state index in [4.69, 9.17) is 10.5 Å². The van der Waals surface area contributed by atoms with E-state index in [1.165, 1.54) is 6.42 Å². The summed E-state index contributed by atoms with van der Waals surface area (Å²) in [5.74, 6) is 0.525. The van der Waals surface area contributed by atoms with Crippen LogP contribution in [0.5, 0.6) is 0 Å². The summed E-state index contributed by atoms with van der Waals surface area (Å²) >= 11 is 0. The van der Waals surface area contributed by atoms with Crippen molar-refractivity contribution in [1.29, 1.82) is 0 Å². The minimum atomic E-state index is 0.238. The fraction of sp³-hybridized carbons (Fsp3) is 0.538. The first-order valence-corrected chi connectivity index (χ1v) is 6.44. The molecule has 0 aliphatic carbocycles. The van der Waals surface area contributed by atoms with Gasteiger partial charge >= 0.3 is 0 Å². The molecule has 1 aliphatic heterocycles. The topological polar surface area (TPSA) is 66.0 Å². The average Bonchev–Trinajstić information content (AvgIpc) is 2.66. The molecule has 0 radical (unpaired) electrons. The molecule has 5 heteroatoms. The van der Waals surface area contributed by atoms with Crippen LogP contribution in [0.1, 0.15) is 24.8 Å². The molecule has 18 heavy (non-hydrogen) atoms. The van der Waals surface area contributed by atoms with Crippen molar-refractivity contribution >= 4 is 17.1 Å². The van der Waals surface area contributed by atoms with Gasteiger partial charge in [0.15, 0.2) is 5.65 Å². The lowest BCUT2D eigenvalue weighted by Crippen LogP contribution is -2.25. The summed E-state index contributed by atoms with van der Waals surface area (Å²) in [4.78, 5) is 8.79. The zero-order valence-corrected chi connectivity index (χ0v) is 10.6. The Kier molecular flexibility index (Phi) is 2.91. The molecule has 0 aromatic carbocycles. The quantitative estimate of drug-likeness (QED) is 0.878. The maximum absolute atomic E-state index is 5.98. The van der Waals surface area contributed by atoms with Crippen LogP contribution in [-0.2, 0) is 11.3 Å². The summed E-state index contributed by atoms with van der Waals surface area (Å²) in [6, 6.07) is 2.01. The number of nitrogen functional groups attached to an aromatic ring is 1. The monoisotopic (exact) mass is 246 g/mol. The van der Waals surface area contributed by atoms with Gasteiger partial charge < -0.3 is 10.5 Å². The molecule has 0 amide bonds. The van der Waals surface area contributed by atoms with Gasteiger partial charge in [0.2, 0.25) is 5.95 Å². The van der Waals surface area contributed by atoms with Gasteiger partial charge in [-0.05, 0) is 37.8 Å². The van der Waals surface area contributed by atoms with Crippen LogP contribution in [0, 0.1) is 6.92 Å². The Balaban J connectivity index is 1.92. The van der Waals surface area contributed by atoms with Crippen molar-refractivity contribution in [1.82, 2.24) is 14.5 Å². The molecule has 0 spiro atoms. The van der Waals surface area contributed by atoms with Crippen LogP contribution in [0.15, 0.2) is 12.3 Å². The molecule has 3 heterocycles. The first-order chi connectivity index (χ1) is 8.74. The molecule has 1 atom stereocenters. The molecule has 3 rings (SSSR count). The summed E-state index contributed by atoms with van der Waals surface area (Å²) in [6.45, 7) is 3.61. The summed E-state index contributed by atoms with van der Waals surface area (Å²) in [5.41, 5.74) is 8.79. The Hall–Kier alpha value is -1.62. The summed E-state index contributed by atoms with van der Waals surface area (Å²) in [6.07, 6.45) is 5.56. The number of rotatable bonds is 2. The molecule has 1 saturated heterocycles. The second kappa shape index (κ2) is 4.57. The highest BCUT2D eigenvalue weighted by atomic mass is 16.5. The number of aryl methyl sites for hydroxylation is 1. The van der Waals surface area contributed by atoms with Crippen molar-refractivity contribution in [2.45, 2.75) is 38.8 Å². The highest BCUT2D eigenvalue weighted by molar-refractivity contribution is 5.74. The van der Waals surface area contributed by atoms with Gasteiger partial charge in [0, 0.05) is 12.8 Å². The number of anilines is 1. The Morgan fingerprint density at radius 1 is 1.50 bits per heavy atom. The summed E-state index contributed by atoms with van der Waals surface area (Å²) in [7, 11) is 0. The third-order valence-electron chi connectivity index (χ3n) is 3.41. The molecule has 1 unspecified atom stereocenters. The molecule has 0 saturated carbocycles. The minimum absolute atomic E-state index is 0.238. The Morgan fingerprint density at radius 2 is 2.39 bits per heavy atom. The molecule has 2 N–H and O–H groups in total. The SMILES string of the molecule is Cc1cnc2c(c1)nc(N)n2CC1CCCCO1. The number of hydrogen-bond acceptors (Lipinski definition) is 4. The molecular weight excluding hydrogens is 228 g/mol. The van der Waals surface area contributed by atoms with Crippen molar-refractivity contribution in [2.24, 2.45) is 0 Å². The first kappa shape index (κ1) is 11.5.